The first kappa shape index (κ1) is 11.5. The number of rotatable bonds is 6. The fourth-order valence-corrected chi connectivity index (χ4v) is 0.954. The van der Waals surface area contributed by atoms with E-state index in [0.717, 1.165) is 12.8 Å². The zero-order valence-electron chi connectivity index (χ0n) is 7.48. The van der Waals surface area contributed by atoms with Crippen molar-refractivity contribution >= 4 is 17.5 Å². The second-order valence-electron chi connectivity index (χ2n) is 2.74. The molecule has 0 aromatic heterocycles. The molecule has 12 heavy (non-hydrogen) atoms. The van der Waals surface area contributed by atoms with Crippen LogP contribution in [0.3, 0.4) is 0 Å². The summed E-state index contributed by atoms with van der Waals surface area (Å²) in [5.41, 5.74) is 0. The van der Waals surface area contributed by atoms with E-state index in [1.54, 1.807) is 6.08 Å². The van der Waals surface area contributed by atoms with E-state index in [0.29, 0.717) is 12.3 Å². The lowest BCUT2D eigenvalue weighted by atomic mass is 10.2. The van der Waals surface area contributed by atoms with Gasteiger partial charge in [0.25, 0.3) is 0 Å². The van der Waals surface area contributed by atoms with Crippen molar-refractivity contribution < 1.29 is 4.79 Å². The molecule has 0 heterocycles. The lowest BCUT2D eigenvalue weighted by molar-refractivity contribution is -0.121. The van der Waals surface area contributed by atoms with Crippen LogP contribution in [-0.4, -0.2) is 17.8 Å². The van der Waals surface area contributed by atoms with Gasteiger partial charge in [-0.2, -0.15) is 0 Å². The van der Waals surface area contributed by atoms with Gasteiger partial charge in [-0.25, -0.2) is 0 Å². The number of carbonyl (C=O) groups is 1. The smallest absolute Gasteiger partial charge is 0.220 e. The van der Waals surface area contributed by atoms with Crippen molar-refractivity contribution in [2.75, 3.05) is 5.88 Å². The average Bonchev–Trinajstić information content (AvgIpc) is 2.05. The van der Waals surface area contributed by atoms with Gasteiger partial charge >= 0.3 is 0 Å². The van der Waals surface area contributed by atoms with Crippen LogP contribution in [0.2, 0.25) is 0 Å². The van der Waals surface area contributed by atoms with Crippen molar-refractivity contribution in [1.82, 2.24) is 5.32 Å². The minimum atomic E-state index is 0.0634. The third kappa shape index (κ3) is 6.23. The van der Waals surface area contributed by atoms with Crippen LogP contribution in [0.25, 0.3) is 0 Å². The van der Waals surface area contributed by atoms with Crippen molar-refractivity contribution in [1.29, 1.82) is 0 Å². The number of unbranched alkanes of at least 4 members (excludes halogenated alkanes) is 1. The summed E-state index contributed by atoms with van der Waals surface area (Å²) in [5.74, 6) is 0.706. The average molecular weight is 190 g/mol. The summed E-state index contributed by atoms with van der Waals surface area (Å²) < 4.78 is 0. The van der Waals surface area contributed by atoms with Gasteiger partial charge in [0.15, 0.2) is 0 Å². The number of hydrogen-bond donors (Lipinski definition) is 1. The Kier molecular flexibility index (Phi) is 6.87. The molecule has 1 N–H and O–H groups in total. The number of alkyl halides is 1. The van der Waals surface area contributed by atoms with E-state index >= 15 is 0 Å². The van der Waals surface area contributed by atoms with Crippen LogP contribution in [0, 0.1) is 0 Å². The summed E-state index contributed by atoms with van der Waals surface area (Å²) in [7, 11) is 0. The molecule has 0 saturated heterocycles. The van der Waals surface area contributed by atoms with Gasteiger partial charge in [0.2, 0.25) is 5.91 Å². The first-order valence-electron chi connectivity index (χ1n) is 4.18. The quantitative estimate of drug-likeness (QED) is 0.387. The molecule has 2 nitrogen and oxygen atoms in total. The van der Waals surface area contributed by atoms with Crippen LogP contribution < -0.4 is 5.32 Å². The van der Waals surface area contributed by atoms with Crippen LogP contribution in [0.15, 0.2) is 12.7 Å². The number of hydrogen-bond acceptors (Lipinski definition) is 1. The van der Waals surface area contributed by atoms with Gasteiger partial charge in [-0.15, -0.1) is 18.2 Å². The van der Waals surface area contributed by atoms with Crippen molar-refractivity contribution in [2.24, 2.45) is 0 Å². The summed E-state index contributed by atoms with van der Waals surface area (Å²) in [5, 5.41) is 2.79. The molecule has 0 rings (SSSR count). The third-order valence-electron chi connectivity index (χ3n) is 1.53. The summed E-state index contributed by atoms with van der Waals surface area (Å²) >= 11 is 5.47. The maximum absolute atomic E-state index is 11.1. The highest BCUT2D eigenvalue weighted by Gasteiger charge is 2.02. The third-order valence-corrected chi connectivity index (χ3v) is 1.80. The Morgan fingerprint density at radius 1 is 1.67 bits per heavy atom. The molecule has 1 atom stereocenters. The SMILES string of the molecule is C=CC(C)NC(=O)CCCCCl. The second kappa shape index (κ2) is 7.17. The molecule has 0 bridgehead atoms. The standard InChI is InChI=1S/C9H16ClNO/c1-3-8(2)11-9(12)6-4-5-7-10/h3,8H,1,4-7H2,2H3,(H,11,12). The van der Waals surface area contributed by atoms with Crippen LogP contribution in [-0.2, 0) is 4.79 Å². The molecule has 0 aliphatic carbocycles. The lowest BCUT2D eigenvalue weighted by Crippen LogP contribution is -2.30. The molecule has 0 fully saturated rings. The monoisotopic (exact) mass is 189 g/mol. The Morgan fingerprint density at radius 2 is 2.33 bits per heavy atom. The van der Waals surface area contributed by atoms with Crippen LogP contribution >= 0.6 is 11.6 Å². The van der Waals surface area contributed by atoms with Gasteiger partial charge in [0.05, 0.1) is 0 Å². The maximum atomic E-state index is 11.1. The van der Waals surface area contributed by atoms with Gasteiger partial charge < -0.3 is 5.32 Å². The van der Waals surface area contributed by atoms with Crippen molar-refractivity contribution in [3.05, 3.63) is 12.7 Å². The number of amides is 1. The van der Waals surface area contributed by atoms with Crippen molar-refractivity contribution in [3.63, 3.8) is 0 Å². The summed E-state index contributed by atoms with van der Waals surface area (Å²) in [6, 6.07) is 0.0634. The van der Waals surface area contributed by atoms with Gasteiger partial charge in [0.1, 0.15) is 0 Å². The Bertz CT molecular complexity index is 147. The van der Waals surface area contributed by atoms with Gasteiger partial charge in [-0.1, -0.05) is 6.08 Å². The first-order chi connectivity index (χ1) is 5.70. The number of halogens is 1. The molecule has 0 saturated carbocycles. The second-order valence-corrected chi connectivity index (χ2v) is 3.12. The highest BCUT2D eigenvalue weighted by atomic mass is 35.5. The molecule has 0 aliphatic rings. The van der Waals surface area contributed by atoms with Crippen molar-refractivity contribution in [2.45, 2.75) is 32.2 Å². The lowest BCUT2D eigenvalue weighted by Gasteiger charge is -2.08. The molecule has 1 unspecified atom stereocenters. The first-order valence-corrected chi connectivity index (χ1v) is 4.72. The predicted molar refractivity (Wildman–Crippen MR) is 52.4 cm³/mol. The van der Waals surface area contributed by atoms with Crippen LogP contribution in [0.4, 0.5) is 0 Å². The molecule has 0 spiro atoms. The topological polar surface area (TPSA) is 29.1 Å². The zero-order valence-corrected chi connectivity index (χ0v) is 8.23. The maximum Gasteiger partial charge on any atom is 0.220 e. The molecular weight excluding hydrogens is 174 g/mol. The summed E-state index contributed by atoms with van der Waals surface area (Å²) in [6.07, 6.45) is 4.03. The molecule has 3 heteroatoms. The molecule has 0 aliphatic heterocycles. The highest BCUT2D eigenvalue weighted by molar-refractivity contribution is 6.17. The van der Waals surface area contributed by atoms with E-state index in [9.17, 15) is 4.79 Å². The predicted octanol–water partition coefficient (Wildman–Crippen LogP) is 2.09. The molecular formula is C9H16ClNO. The zero-order chi connectivity index (χ0) is 9.40. The van der Waals surface area contributed by atoms with Gasteiger partial charge in [0, 0.05) is 18.3 Å². The van der Waals surface area contributed by atoms with Crippen LogP contribution in [0.5, 0.6) is 0 Å². The number of carbonyl (C=O) groups excluding carboxylic acids is 1. The Morgan fingerprint density at radius 3 is 2.83 bits per heavy atom. The molecule has 70 valence electrons. The van der Waals surface area contributed by atoms with E-state index < -0.39 is 0 Å². The summed E-state index contributed by atoms with van der Waals surface area (Å²) in [4.78, 5) is 11.1. The van der Waals surface area contributed by atoms with E-state index in [1.165, 1.54) is 0 Å². The molecule has 0 radical (unpaired) electrons. The fraction of sp³-hybridized carbons (Fsp3) is 0.667. The largest absolute Gasteiger partial charge is 0.350 e. The molecule has 1 amide bonds. The Hall–Kier alpha value is -0.500. The van der Waals surface area contributed by atoms with Gasteiger partial charge in [-0.3, -0.25) is 4.79 Å². The van der Waals surface area contributed by atoms with E-state index in [4.69, 9.17) is 11.6 Å². The minimum absolute atomic E-state index is 0.0634. The number of nitrogens with one attached hydrogen (secondary N) is 1. The molecule has 0 aromatic rings. The Labute approximate surface area is 79.0 Å². The molecule has 0 aromatic carbocycles. The fourth-order valence-electron chi connectivity index (χ4n) is 0.765. The summed E-state index contributed by atoms with van der Waals surface area (Å²) in [6.45, 7) is 5.47. The normalized spacial score (nSPS) is 12.2. The highest BCUT2D eigenvalue weighted by Crippen LogP contribution is 1.97. The van der Waals surface area contributed by atoms with Crippen LogP contribution in [0.1, 0.15) is 26.2 Å². The van der Waals surface area contributed by atoms with Crippen molar-refractivity contribution in [3.8, 4) is 0 Å². The van der Waals surface area contributed by atoms with Gasteiger partial charge in [-0.05, 0) is 19.8 Å². The van der Waals surface area contributed by atoms with E-state index in [2.05, 4.69) is 11.9 Å². The van der Waals surface area contributed by atoms with E-state index in [-0.39, 0.29) is 11.9 Å². The Balaban J connectivity index is 3.39. The van der Waals surface area contributed by atoms with E-state index in [1.807, 2.05) is 6.92 Å². The minimum Gasteiger partial charge on any atom is -0.350 e.